The molecule has 1 amide bonds. The number of nitrogens with one attached hydrogen (secondary N) is 1. The van der Waals surface area contributed by atoms with Crippen molar-refractivity contribution in [3.63, 3.8) is 0 Å². The molecule has 2 N–H and O–H groups in total. The Morgan fingerprint density at radius 1 is 1.21 bits per heavy atom. The molecule has 0 aromatic carbocycles. The molecule has 0 radical (unpaired) electrons. The summed E-state index contributed by atoms with van der Waals surface area (Å²) in [4.78, 5) is 54.2. The van der Waals surface area contributed by atoms with Crippen molar-refractivity contribution in [1.82, 2.24) is 4.98 Å². The van der Waals surface area contributed by atoms with Crippen molar-refractivity contribution in [3.8, 4) is 0 Å². The van der Waals surface area contributed by atoms with Gasteiger partial charge in [-0.3, -0.25) is 19.4 Å². The molecule has 11 heteroatoms. The van der Waals surface area contributed by atoms with E-state index in [1.165, 1.54) is 19.9 Å². The number of pyridine rings is 1. The molecule has 38 heavy (non-hydrogen) atoms. The van der Waals surface area contributed by atoms with Gasteiger partial charge in [-0.2, -0.15) is 0 Å². The fraction of sp³-hybridized carbons (Fsp3) is 0.444. The summed E-state index contributed by atoms with van der Waals surface area (Å²) < 4.78 is 12.0. The number of amides is 1. The molecule has 2 bridgehead atoms. The molecule has 4 atom stereocenters. The molecule has 1 saturated carbocycles. The average molecular weight is 569 g/mol. The Morgan fingerprint density at radius 3 is 2.53 bits per heavy atom. The molecule has 9 nitrogen and oxygen atoms in total. The van der Waals surface area contributed by atoms with Gasteiger partial charge in [0.1, 0.15) is 16.6 Å². The van der Waals surface area contributed by atoms with E-state index < -0.39 is 34.5 Å². The van der Waals surface area contributed by atoms with Crippen molar-refractivity contribution in [2.75, 3.05) is 5.32 Å². The first-order valence-corrected chi connectivity index (χ1v) is 12.0. The maximum Gasteiger partial charge on any atom is 1.00 e. The molecular formula is C27H30ClKN2O7. The number of ether oxygens (including phenoxy) is 2. The number of hydrogen-bond acceptors (Lipinski definition) is 7. The Bertz CT molecular complexity index is 1200. The van der Waals surface area contributed by atoms with E-state index in [2.05, 4.69) is 10.3 Å². The number of aliphatic carboxylic acids is 1. The standard InChI is InChI=1S/C27H30N2O7.ClH.K/c1-17(23(32)33)5-4-11-25(3)21-8-13-26(24(34)36-25)12-6-19(7-14-27(21,26)35-18(2)30)22(31)29-20-9-15-28-16-10-20;;/h4-6,9-11,15-16,21H,7-8,12-14H2,1-3H3,(H,32,33)(H,28,29,31);1H;/q;;+1/p-1/b11-4+,17-5+;;/t21-,25+,26+,27-;;/m0../s1. The third-order valence-electron chi connectivity index (χ3n) is 7.76. The second-order valence-electron chi connectivity index (χ2n) is 9.87. The topological polar surface area (TPSA) is 132 Å². The van der Waals surface area contributed by atoms with E-state index in [-0.39, 0.29) is 94.0 Å². The summed E-state index contributed by atoms with van der Waals surface area (Å²) in [6.07, 6.45) is 11.4. The number of carboxylic acid groups (broad SMARTS) is 1. The number of halogens is 1. The first-order chi connectivity index (χ1) is 17.0. The number of rotatable bonds is 6. The van der Waals surface area contributed by atoms with E-state index >= 15 is 0 Å². The van der Waals surface area contributed by atoms with Crippen LogP contribution in [0.1, 0.15) is 52.9 Å². The number of nitrogens with zero attached hydrogens (tertiary/aromatic N) is 1. The Labute approximate surface area is 270 Å². The molecule has 2 heterocycles. The zero-order valence-corrected chi connectivity index (χ0v) is 25.8. The zero-order valence-electron chi connectivity index (χ0n) is 22.0. The quantitative estimate of drug-likeness (QED) is 0.170. The Balaban J connectivity index is 0.00000253. The van der Waals surface area contributed by atoms with Gasteiger partial charge in [-0.15, -0.1) is 0 Å². The second-order valence-corrected chi connectivity index (χ2v) is 9.87. The van der Waals surface area contributed by atoms with Crippen LogP contribution in [-0.4, -0.2) is 45.1 Å². The molecule has 3 aliphatic rings. The van der Waals surface area contributed by atoms with Crippen LogP contribution < -0.4 is 69.1 Å². The van der Waals surface area contributed by atoms with Crippen LogP contribution in [0.5, 0.6) is 0 Å². The SMILES string of the molecule is CC(=O)O[C@]12CCC(C(=O)Nc3ccncc3)=CC[C@]13CC[C@H]2[C@@](C)(/C=C/C=C(\C)C(=O)O)OC3=O.[Cl-].[K+]. The normalized spacial score (nSPS) is 30.0. The van der Waals surface area contributed by atoms with E-state index in [1.807, 2.05) is 0 Å². The van der Waals surface area contributed by atoms with Crippen LogP contribution >= 0.6 is 0 Å². The fourth-order valence-electron chi connectivity index (χ4n) is 5.99. The van der Waals surface area contributed by atoms with Gasteiger partial charge in [-0.1, -0.05) is 18.2 Å². The van der Waals surface area contributed by atoms with Gasteiger partial charge >= 0.3 is 69.3 Å². The predicted molar refractivity (Wildman–Crippen MR) is 129 cm³/mol. The van der Waals surface area contributed by atoms with E-state index in [0.717, 1.165) is 0 Å². The minimum absolute atomic E-state index is 0. The third kappa shape index (κ3) is 5.85. The minimum Gasteiger partial charge on any atom is -1.00 e. The summed E-state index contributed by atoms with van der Waals surface area (Å²) in [6, 6.07) is 3.37. The van der Waals surface area contributed by atoms with Crippen molar-refractivity contribution in [1.29, 1.82) is 0 Å². The van der Waals surface area contributed by atoms with Crippen molar-refractivity contribution in [2.45, 2.75) is 64.1 Å². The zero-order chi connectivity index (χ0) is 26.1. The van der Waals surface area contributed by atoms with Gasteiger partial charge < -0.3 is 32.3 Å². The van der Waals surface area contributed by atoms with E-state index in [0.29, 0.717) is 30.5 Å². The third-order valence-corrected chi connectivity index (χ3v) is 7.76. The number of carbonyl (C=O) groups excluding carboxylic acids is 3. The number of cyclic esters (lactones) is 1. The number of carbonyl (C=O) groups is 4. The van der Waals surface area contributed by atoms with Gasteiger partial charge in [0.15, 0.2) is 0 Å². The first-order valence-electron chi connectivity index (χ1n) is 12.0. The Kier molecular flexibility index (Phi) is 10.7. The predicted octanol–water partition coefficient (Wildman–Crippen LogP) is -2.26. The first kappa shape index (κ1) is 32.4. The van der Waals surface area contributed by atoms with Gasteiger partial charge in [0.25, 0.3) is 5.91 Å². The van der Waals surface area contributed by atoms with Crippen molar-refractivity contribution < 1.29 is 97.5 Å². The maximum atomic E-state index is 13.6. The molecule has 1 aromatic heterocycles. The van der Waals surface area contributed by atoms with Crippen LogP contribution in [0, 0.1) is 11.3 Å². The number of aromatic nitrogens is 1. The van der Waals surface area contributed by atoms with Gasteiger partial charge in [-0.25, -0.2) is 4.79 Å². The Morgan fingerprint density at radius 2 is 1.89 bits per heavy atom. The molecule has 1 aliphatic heterocycles. The summed E-state index contributed by atoms with van der Waals surface area (Å²) in [5.41, 5.74) is -2.12. The maximum absolute atomic E-state index is 13.6. The van der Waals surface area contributed by atoms with Crippen molar-refractivity contribution in [2.24, 2.45) is 11.3 Å². The van der Waals surface area contributed by atoms with Gasteiger partial charge in [0.05, 0.1) is 0 Å². The largest absolute Gasteiger partial charge is 1.00 e. The Hall–Kier alpha value is -1.82. The van der Waals surface area contributed by atoms with E-state index in [9.17, 15) is 19.2 Å². The van der Waals surface area contributed by atoms with E-state index in [1.54, 1.807) is 49.7 Å². The smallest absolute Gasteiger partial charge is 1.00 e. The van der Waals surface area contributed by atoms with Crippen LogP contribution in [0.2, 0.25) is 0 Å². The van der Waals surface area contributed by atoms with Crippen LogP contribution in [0.3, 0.4) is 0 Å². The van der Waals surface area contributed by atoms with Gasteiger partial charge in [-0.05, 0) is 64.2 Å². The molecule has 0 unspecified atom stereocenters. The molecule has 0 spiro atoms. The number of carboxylic acids is 1. The summed E-state index contributed by atoms with van der Waals surface area (Å²) >= 11 is 0. The molecule has 198 valence electrons. The second kappa shape index (κ2) is 12.6. The molecule has 4 rings (SSSR count). The molecule has 2 aliphatic carbocycles. The molecule has 2 fully saturated rings. The van der Waals surface area contributed by atoms with E-state index in [4.69, 9.17) is 14.6 Å². The summed E-state index contributed by atoms with van der Waals surface area (Å²) in [7, 11) is 0. The number of hydrogen-bond donors (Lipinski definition) is 2. The summed E-state index contributed by atoms with van der Waals surface area (Å²) in [6.45, 7) is 4.55. The number of allylic oxidation sites excluding steroid dienone is 3. The molecular weight excluding hydrogens is 539 g/mol. The van der Waals surface area contributed by atoms with Crippen molar-refractivity contribution >= 4 is 29.5 Å². The summed E-state index contributed by atoms with van der Waals surface area (Å²) in [5, 5.41) is 12.0. The minimum atomic E-state index is -1.16. The summed E-state index contributed by atoms with van der Waals surface area (Å²) in [5.74, 6) is -2.67. The van der Waals surface area contributed by atoms with Gasteiger partial charge in [0.2, 0.25) is 0 Å². The van der Waals surface area contributed by atoms with Crippen molar-refractivity contribution in [3.05, 3.63) is 60.0 Å². The molecule has 1 saturated heterocycles. The number of esters is 2. The molecule has 1 aromatic rings. The van der Waals surface area contributed by atoms with Crippen LogP contribution in [0.25, 0.3) is 0 Å². The van der Waals surface area contributed by atoms with Crippen LogP contribution in [0.4, 0.5) is 5.69 Å². The number of anilines is 1. The van der Waals surface area contributed by atoms with Gasteiger partial charge in [0, 0.05) is 42.1 Å². The van der Waals surface area contributed by atoms with Crippen LogP contribution in [-0.2, 0) is 28.7 Å². The average Bonchev–Trinajstić information content (AvgIpc) is 2.96. The fourth-order valence-corrected chi connectivity index (χ4v) is 5.99. The van der Waals surface area contributed by atoms with Crippen LogP contribution in [0.15, 0.2) is 60.0 Å². The monoisotopic (exact) mass is 568 g/mol.